The van der Waals surface area contributed by atoms with Crippen LogP contribution in [0, 0.1) is 0 Å². The molecule has 0 radical (unpaired) electrons. The molecule has 2 fully saturated rings. The molecule has 2 aromatic rings. The summed E-state index contributed by atoms with van der Waals surface area (Å²) >= 11 is 6.15. The van der Waals surface area contributed by atoms with Gasteiger partial charge in [0, 0.05) is 23.5 Å². The molecule has 3 aliphatic rings. The summed E-state index contributed by atoms with van der Waals surface area (Å²) in [6.07, 6.45) is 1.15. The van der Waals surface area contributed by atoms with Crippen molar-refractivity contribution in [2.24, 2.45) is 0 Å². The molecule has 5 rings (SSSR count). The highest BCUT2D eigenvalue weighted by atomic mass is 35.5. The standard InChI is InChI=1S/C23H27BClNO2/c1-21(2)22(3,4)28-24(27-21)18-7-10-20-16(13-18)14-26-12-11-23(20,15-26)17-5-8-19(25)9-6-17/h5-10,13H,11-12,14-15H2,1-4H3. The summed E-state index contributed by atoms with van der Waals surface area (Å²) in [5.41, 5.74) is 4.75. The molecule has 0 aromatic heterocycles. The molecule has 2 bridgehead atoms. The molecular formula is C23H27BClNO2. The summed E-state index contributed by atoms with van der Waals surface area (Å²) in [5, 5.41) is 0.794. The van der Waals surface area contributed by atoms with Crippen molar-refractivity contribution in [3.8, 4) is 0 Å². The van der Waals surface area contributed by atoms with Gasteiger partial charge in [0.05, 0.1) is 11.2 Å². The number of nitrogens with zero attached hydrogens (tertiary/aromatic N) is 1. The van der Waals surface area contributed by atoms with Crippen molar-refractivity contribution >= 4 is 24.2 Å². The summed E-state index contributed by atoms with van der Waals surface area (Å²) in [6, 6.07) is 15.2. The van der Waals surface area contributed by atoms with Crippen LogP contribution in [0.3, 0.4) is 0 Å². The maximum absolute atomic E-state index is 6.28. The van der Waals surface area contributed by atoms with Crippen LogP contribution in [0.15, 0.2) is 42.5 Å². The zero-order valence-electron chi connectivity index (χ0n) is 17.1. The molecule has 3 nitrogen and oxygen atoms in total. The summed E-state index contributed by atoms with van der Waals surface area (Å²) in [7, 11) is -0.309. The van der Waals surface area contributed by atoms with Crippen molar-refractivity contribution in [3.63, 3.8) is 0 Å². The largest absolute Gasteiger partial charge is 0.494 e. The number of benzene rings is 2. The molecule has 2 unspecified atom stereocenters. The van der Waals surface area contributed by atoms with Crippen LogP contribution in [0.2, 0.25) is 5.02 Å². The molecule has 3 aliphatic heterocycles. The van der Waals surface area contributed by atoms with Crippen molar-refractivity contribution in [2.45, 2.75) is 57.3 Å². The summed E-state index contributed by atoms with van der Waals surface area (Å²) in [6.45, 7) is 11.6. The molecule has 0 aliphatic carbocycles. The van der Waals surface area contributed by atoms with Gasteiger partial charge in [-0.1, -0.05) is 41.9 Å². The molecule has 2 saturated heterocycles. The van der Waals surface area contributed by atoms with Crippen LogP contribution in [0.1, 0.15) is 50.8 Å². The van der Waals surface area contributed by atoms with Gasteiger partial charge in [0.2, 0.25) is 0 Å². The maximum atomic E-state index is 6.28. The Labute approximate surface area is 173 Å². The Morgan fingerprint density at radius 2 is 1.64 bits per heavy atom. The zero-order valence-corrected chi connectivity index (χ0v) is 17.8. The minimum atomic E-state index is -0.319. The van der Waals surface area contributed by atoms with E-state index in [1.54, 1.807) is 0 Å². The van der Waals surface area contributed by atoms with E-state index in [2.05, 4.69) is 62.9 Å². The lowest BCUT2D eigenvalue weighted by Gasteiger charge is -2.37. The molecule has 0 N–H and O–H groups in total. The molecule has 146 valence electrons. The van der Waals surface area contributed by atoms with Crippen molar-refractivity contribution in [2.75, 3.05) is 13.1 Å². The lowest BCUT2D eigenvalue weighted by atomic mass is 9.69. The molecule has 0 amide bonds. The van der Waals surface area contributed by atoms with Gasteiger partial charge in [-0.15, -0.1) is 0 Å². The minimum absolute atomic E-state index is 0.0621. The highest BCUT2D eigenvalue weighted by Crippen LogP contribution is 2.46. The average molecular weight is 396 g/mol. The average Bonchev–Trinajstić information content (AvgIpc) is 3.10. The lowest BCUT2D eigenvalue weighted by Crippen LogP contribution is -2.41. The van der Waals surface area contributed by atoms with Gasteiger partial charge >= 0.3 is 7.12 Å². The molecule has 2 atom stereocenters. The van der Waals surface area contributed by atoms with Crippen LogP contribution >= 0.6 is 11.6 Å². The summed E-state index contributed by atoms with van der Waals surface area (Å²) in [5.74, 6) is 0. The van der Waals surface area contributed by atoms with Crippen LogP contribution < -0.4 is 5.46 Å². The first-order chi connectivity index (χ1) is 13.2. The molecule has 3 heterocycles. The maximum Gasteiger partial charge on any atom is 0.494 e. The minimum Gasteiger partial charge on any atom is -0.399 e. The number of hydrogen-bond donors (Lipinski definition) is 0. The van der Waals surface area contributed by atoms with Gasteiger partial charge in [0.15, 0.2) is 0 Å². The number of hydrogen-bond acceptors (Lipinski definition) is 3. The highest BCUT2D eigenvalue weighted by molar-refractivity contribution is 6.62. The Balaban J connectivity index is 1.54. The topological polar surface area (TPSA) is 21.7 Å². The van der Waals surface area contributed by atoms with Gasteiger partial charge in [0.25, 0.3) is 0 Å². The van der Waals surface area contributed by atoms with Gasteiger partial charge in [-0.05, 0) is 74.9 Å². The molecule has 2 aromatic carbocycles. The van der Waals surface area contributed by atoms with Crippen molar-refractivity contribution in [3.05, 3.63) is 64.2 Å². The van der Waals surface area contributed by atoms with Gasteiger partial charge < -0.3 is 9.31 Å². The van der Waals surface area contributed by atoms with Gasteiger partial charge in [-0.3, -0.25) is 4.90 Å². The van der Waals surface area contributed by atoms with E-state index in [0.29, 0.717) is 0 Å². The second-order valence-corrected chi connectivity index (χ2v) is 9.99. The van der Waals surface area contributed by atoms with Gasteiger partial charge in [0.1, 0.15) is 0 Å². The van der Waals surface area contributed by atoms with Crippen LogP contribution in [0.4, 0.5) is 0 Å². The van der Waals surface area contributed by atoms with E-state index in [0.717, 1.165) is 36.5 Å². The first kappa shape index (κ1) is 18.7. The summed E-state index contributed by atoms with van der Waals surface area (Å²) < 4.78 is 12.6. The molecule has 0 saturated carbocycles. The van der Waals surface area contributed by atoms with Crippen LogP contribution in [0.25, 0.3) is 0 Å². The molecule has 5 heteroatoms. The fraction of sp³-hybridized carbons (Fsp3) is 0.478. The first-order valence-electron chi connectivity index (χ1n) is 10.2. The third-order valence-corrected chi connectivity index (χ3v) is 7.56. The smallest absolute Gasteiger partial charge is 0.399 e. The Morgan fingerprint density at radius 1 is 0.964 bits per heavy atom. The van der Waals surface area contributed by atoms with Crippen molar-refractivity contribution in [1.82, 2.24) is 4.90 Å². The Bertz CT molecular complexity index is 911. The van der Waals surface area contributed by atoms with E-state index in [9.17, 15) is 0 Å². The number of fused-ring (bicyclic) bond motifs is 4. The monoisotopic (exact) mass is 395 g/mol. The van der Waals surface area contributed by atoms with E-state index in [-0.39, 0.29) is 23.7 Å². The van der Waals surface area contributed by atoms with E-state index in [4.69, 9.17) is 20.9 Å². The van der Waals surface area contributed by atoms with Crippen LogP contribution in [0.5, 0.6) is 0 Å². The normalized spacial score (nSPS) is 29.8. The van der Waals surface area contributed by atoms with E-state index in [1.165, 1.54) is 16.7 Å². The predicted molar refractivity (Wildman–Crippen MR) is 114 cm³/mol. The molecule has 28 heavy (non-hydrogen) atoms. The zero-order chi connectivity index (χ0) is 19.7. The second kappa shape index (κ2) is 6.09. The van der Waals surface area contributed by atoms with E-state index < -0.39 is 0 Å². The lowest BCUT2D eigenvalue weighted by molar-refractivity contribution is 0.00578. The number of rotatable bonds is 2. The SMILES string of the molecule is CC1(C)OB(c2ccc3c(c2)CN2CCC3(c3ccc(Cl)cc3)C2)OC1(C)C. The predicted octanol–water partition coefficient (Wildman–Crippen LogP) is 4.14. The fourth-order valence-electron chi connectivity index (χ4n) is 4.98. The van der Waals surface area contributed by atoms with Crippen LogP contribution in [-0.2, 0) is 21.3 Å². The van der Waals surface area contributed by atoms with Crippen molar-refractivity contribution < 1.29 is 9.31 Å². The fourth-order valence-corrected chi connectivity index (χ4v) is 5.11. The van der Waals surface area contributed by atoms with E-state index in [1.807, 2.05) is 12.1 Å². The molecular weight excluding hydrogens is 369 g/mol. The Morgan fingerprint density at radius 3 is 2.32 bits per heavy atom. The number of halogens is 1. The van der Waals surface area contributed by atoms with Gasteiger partial charge in [-0.2, -0.15) is 0 Å². The quantitative estimate of drug-likeness (QED) is 0.713. The second-order valence-electron chi connectivity index (χ2n) is 9.55. The first-order valence-corrected chi connectivity index (χ1v) is 10.6. The highest BCUT2D eigenvalue weighted by Gasteiger charge is 2.52. The van der Waals surface area contributed by atoms with E-state index >= 15 is 0 Å². The Kier molecular flexibility index (Phi) is 4.06. The third kappa shape index (κ3) is 2.69. The Hall–Kier alpha value is -1.33. The van der Waals surface area contributed by atoms with Crippen LogP contribution in [-0.4, -0.2) is 36.3 Å². The third-order valence-electron chi connectivity index (χ3n) is 7.31. The summed E-state index contributed by atoms with van der Waals surface area (Å²) in [4.78, 5) is 2.56. The molecule has 0 spiro atoms. The van der Waals surface area contributed by atoms with Gasteiger partial charge in [-0.25, -0.2) is 0 Å². The van der Waals surface area contributed by atoms with Crippen molar-refractivity contribution in [1.29, 1.82) is 0 Å².